The number of rotatable bonds is 7. The summed E-state index contributed by atoms with van der Waals surface area (Å²) in [5.74, 6) is 1.94. The van der Waals surface area contributed by atoms with Gasteiger partial charge in [-0.3, -0.25) is 4.79 Å². The molecule has 1 aliphatic carbocycles. The van der Waals surface area contributed by atoms with E-state index in [0.29, 0.717) is 18.2 Å². The van der Waals surface area contributed by atoms with Crippen LogP contribution in [0.4, 0.5) is 0 Å². The van der Waals surface area contributed by atoms with Crippen molar-refractivity contribution in [3.05, 3.63) is 23.8 Å². The van der Waals surface area contributed by atoms with Crippen molar-refractivity contribution < 1.29 is 14.3 Å². The van der Waals surface area contributed by atoms with Gasteiger partial charge in [0.05, 0.1) is 20.3 Å². The monoisotopic (exact) mass is 320 g/mol. The fourth-order valence-electron chi connectivity index (χ4n) is 3.20. The first kappa shape index (κ1) is 17.6. The molecule has 5 nitrogen and oxygen atoms in total. The SMILES string of the molecule is COc1ccc(CNC(=O)C(N)CC2CCCCC2)c(OC)c1. The van der Waals surface area contributed by atoms with Crippen molar-refractivity contribution >= 4 is 5.91 Å². The first-order valence-electron chi connectivity index (χ1n) is 8.38. The predicted molar refractivity (Wildman–Crippen MR) is 90.6 cm³/mol. The smallest absolute Gasteiger partial charge is 0.237 e. The average molecular weight is 320 g/mol. The molecule has 1 aromatic rings. The van der Waals surface area contributed by atoms with Crippen LogP contribution in [0.1, 0.15) is 44.1 Å². The van der Waals surface area contributed by atoms with Crippen LogP contribution < -0.4 is 20.5 Å². The molecule has 0 aliphatic heterocycles. The largest absolute Gasteiger partial charge is 0.497 e. The summed E-state index contributed by atoms with van der Waals surface area (Å²) in [6.45, 7) is 0.407. The minimum Gasteiger partial charge on any atom is -0.497 e. The van der Waals surface area contributed by atoms with E-state index in [1.54, 1.807) is 14.2 Å². The topological polar surface area (TPSA) is 73.6 Å². The van der Waals surface area contributed by atoms with Gasteiger partial charge in [0.2, 0.25) is 5.91 Å². The molecule has 0 aromatic heterocycles. The van der Waals surface area contributed by atoms with E-state index in [4.69, 9.17) is 15.2 Å². The molecule has 3 N–H and O–H groups in total. The molecule has 128 valence electrons. The first-order valence-corrected chi connectivity index (χ1v) is 8.38. The number of ether oxygens (including phenoxy) is 2. The Hall–Kier alpha value is -1.75. The normalized spacial score (nSPS) is 16.7. The lowest BCUT2D eigenvalue weighted by atomic mass is 9.85. The second-order valence-corrected chi connectivity index (χ2v) is 6.24. The van der Waals surface area contributed by atoms with Crippen molar-refractivity contribution in [3.63, 3.8) is 0 Å². The third kappa shape index (κ3) is 5.13. The highest BCUT2D eigenvalue weighted by Crippen LogP contribution is 2.27. The number of amides is 1. The van der Waals surface area contributed by atoms with Crippen LogP contribution in [0.5, 0.6) is 11.5 Å². The summed E-state index contributed by atoms with van der Waals surface area (Å²) in [4.78, 5) is 12.2. The van der Waals surface area contributed by atoms with Crippen LogP contribution in [0.15, 0.2) is 18.2 Å². The number of hydrogen-bond donors (Lipinski definition) is 2. The van der Waals surface area contributed by atoms with E-state index >= 15 is 0 Å². The number of benzene rings is 1. The maximum atomic E-state index is 12.2. The van der Waals surface area contributed by atoms with Crippen LogP contribution in [0.3, 0.4) is 0 Å². The number of hydrogen-bond acceptors (Lipinski definition) is 4. The van der Waals surface area contributed by atoms with E-state index in [1.165, 1.54) is 32.1 Å². The second kappa shape index (κ2) is 8.77. The average Bonchev–Trinajstić information content (AvgIpc) is 2.60. The van der Waals surface area contributed by atoms with Gasteiger partial charge in [-0.1, -0.05) is 32.1 Å². The fraction of sp³-hybridized carbons (Fsp3) is 0.611. The minimum absolute atomic E-state index is 0.0894. The van der Waals surface area contributed by atoms with Gasteiger partial charge in [-0.2, -0.15) is 0 Å². The minimum atomic E-state index is -0.428. The van der Waals surface area contributed by atoms with E-state index in [-0.39, 0.29) is 5.91 Å². The highest BCUT2D eigenvalue weighted by atomic mass is 16.5. The van der Waals surface area contributed by atoms with Crippen LogP contribution in [-0.2, 0) is 11.3 Å². The lowest BCUT2D eigenvalue weighted by Gasteiger charge is -2.24. The zero-order chi connectivity index (χ0) is 16.7. The Bertz CT molecular complexity index is 513. The number of carbonyl (C=O) groups is 1. The van der Waals surface area contributed by atoms with Gasteiger partial charge in [0, 0.05) is 18.2 Å². The summed E-state index contributed by atoms with van der Waals surface area (Å²) in [5.41, 5.74) is 6.97. The van der Waals surface area contributed by atoms with Crippen molar-refractivity contribution in [3.8, 4) is 11.5 Å². The summed E-state index contributed by atoms with van der Waals surface area (Å²) in [5, 5.41) is 2.92. The summed E-state index contributed by atoms with van der Waals surface area (Å²) in [7, 11) is 3.22. The van der Waals surface area contributed by atoms with Gasteiger partial charge in [-0.15, -0.1) is 0 Å². The second-order valence-electron chi connectivity index (χ2n) is 6.24. The van der Waals surface area contributed by atoms with Crippen molar-refractivity contribution in [1.82, 2.24) is 5.32 Å². The quantitative estimate of drug-likeness (QED) is 0.810. The Labute approximate surface area is 138 Å². The van der Waals surface area contributed by atoms with Crippen molar-refractivity contribution in [2.45, 2.75) is 51.1 Å². The van der Waals surface area contributed by atoms with Gasteiger partial charge in [-0.25, -0.2) is 0 Å². The molecule has 2 rings (SSSR count). The highest BCUT2D eigenvalue weighted by Gasteiger charge is 2.21. The molecule has 5 heteroatoms. The predicted octanol–water partition coefficient (Wildman–Crippen LogP) is 2.62. The van der Waals surface area contributed by atoms with Crippen LogP contribution in [0.25, 0.3) is 0 Å². The fourth-order valence-corrected chi connectivity index (χ4v) is 3.20. The summed E-state index contributed by atoms with van der Waals surface area (Å²) < 4.78 is 10.5. The molecule has 1 fully saturated rings. The maximum Gasteiger partial charge on any atom is 0.237 e. The third-order valence-corrected chi connectivity index (χ3v) is 4.60. The van der Waals surface area contributed by atoms with E-state index in [9.17, 15) is 4.79 Å². The Morgan fingerprint density at radius 2 is 2.00 bits per heavy atom. The number of carbonyl (C=O) groups excluding carboxylic acids is 1. The van der Waals surface area contributed by atoms with Gasteiger partial charge in [0.25, 0.3) is 0 Å². The summed E-state index contributed by atoms with van der Waals surface area (Å²) >= 11 is 0. The molecule has 1 aliphatic rings. The summed E-state index contributed by atoms with van der Waals surface area (Å²) in [6.07, 6.45) is 7.03. The molecular formula is C18H28N2O3. The lowest BCUT2D eigenvalue weighted by Crippen LogP contribution is -2.41. The van der Waals surface area contributed by atoms with Crippen LogP contribution in [0, 0.1) is 5.92 Å². The molecule has 1 atom stereocenters. The van der Waals surface area contributed by atoms with Crippen LogP contribution >= 0.6 is 0 Å². The van der Waals surface area contributed by atoms with Crippen LogP contribution in [0.2, 0.25) is 0 Å². The molecule has 1 unspecified atom stereocenters. The van der Waals surface area contributed by atoms with Crippen molar-refractivity contribution in [2.24, 2.45) is 11.7 Å². The first-order chi connectivity index (χ1) is 11.1. The molecule has 23 heavy (non-hydrogen) atoms. The zero-order valence-corrected chi connectivity index (χ0v) is 14.1. The molecule has 0 heterocycles. The van der Waals surface area contributed by atoms with E-state index in [1.807, 2.05) is 18.2 Å². The van der Waals surface area contributed by atoms with Gasteiger partial charge in [0.15, 0.2) is 0 Å². The Morgan fingerprint density at radius 1 is 1.26 bits per heavy atom. The van der Waals surface area contributed by atoms with Crippen molar-refractivity contribution in [2.75, 3.05) is 14.2 Å². The maximum absolute atomic E-state index is 12.2. The van der Waals surface area contributed by atoms with E-state index < -0.39 is 6.04 Å². The van der Waals surface area contributed by atoms with Gasteiger partial charge in [0.1, 0.15) is 11.5 Å². The number of methoxy groups -OCH3 is 2. The third-order valence-electron chi connectivity index (χ3n) is 4.60. The Morgan fingerprint density at radius 3 is 2.65 bits per heavy atom. The van der Waals surface area contributed by atoms with Crippen molar-refractivity contribution in [1.29, 1.82) is 0 Å². The van der Waals surface area contributed by atoms with E-state index in [0.717, 1.165) is 17.7 Å². The number of nitrogens with one attached hydrogen (secondary N) is 1. The molecular weight excluding hydrogens is 292 g/mol. The van der Waals surface area contributed by atoms with E-state index in [2.05, 4.69) is 5.32 Å². The molecule has 0 radical (unpaired) electrons. The molecule has 0 saturated heterocycles. The van der Waals surface area contributed by atoms with Gasteiger partial charge < -0.3 is 20.5 Å². The van der Waals surface area contributed by atoms with Crippen LogP contribution in [-0.4, -0.2) is 26.2 Å². The lowest BCUT2D eigenvalue weighted by molar-refractivity contribution is -0.123. The van der Waals surface area contributed by atoms with Gasteiger partial charge in [-0.05, 0) is 24.5 Å². The Kier molecular flexibility index (Phi) is 6.71. The summed E-state index contributed by atoms with van der Waals surface area (Å²) in [6, 6.07) is 5.13. The standard InChI is InChI=1S/C18H28N2O3/c1-22-15-9-8-14(17(11-15)23-2)12-20-18(21)16(19)10-13-6-4-3-5-7-13/h8-9,11,13,16H,3-7,10,12,19H2,1-2H3,(H,20,21). The molecule has 1 amide bonds. The number of nitrogens with two attached hydrogens (primary N) is 1. The molecule has 0 spiro atoms. The Balaban J connectivity index is 1.85. The van der Waals surface area contributed by atoms with Gasteiger partial charge >= 0.3 is 0 Å². The molecule has 0 bridgehead atoms. The molecule has 1 saturated carbocycles. The molecule has 1 aromatic carbocycles. The highest BCUT2D eigenvalue weighted by molar-refractivity contribution is 5.81. The zero-order valence-electron chi connectivity index (χ0n) is 14.1.